The molecule has 82 valence electrons. The molecule has 1 saturated heterocycles. The lowest BCUT2D eigenvalue weighted by molar-refractivity contribution is -0.131. The van der Waals surface area contributed by atoms with Gasteiger partial charge >= 0.3 is 0 Å². The third kappa shape index (κ3) is 2.71. The van der Waals surface area contributed by atoms with E-state index in [1.807, 2.05) is 4.90 Å². The molecule has 1 aliphatic rings. The summed E-state index contributed by atoms with van der Waals surface area (Å²) in [5, 5.41) is 0. The number of likely N-dealkylation sites (tertiary alicyclic amines) is 1. The molecule has 1 rings (SSSR count). The van der Waals surface area contributed by atoms with Crippen molar-refractivity contribution in [2.24, 2.45) is 5.92 Å². The molecule has 0 N–H and O–H groups in total. The van der Waals surface area contributed by atoms with E-state index in [9.17, 15) is 4.79 Å². The number of rotatable bonds is 2. The van der Waals surface area contributed by atoms with Gasteiger partial charge in [-0.05, 0) is 40.8 Å². The van der Waals surface area contributed by atoms with E-state index in [4.69, 9.17) is 0 Å². The lowest BCUT2D eigenvalue weighted by Crippen LogP contribution is -2.42. The van der Waals surface area contributed by atoms with E-state index < -0.39 is 0 Å². The molecule has 1 unspecified atom stereocenters. The molecule has 1 fully saturated rings. The molecule has 0 spiro atoms. The number of hydrogen-bond acceptors (Lipinski definition) is 2. The summed E-state index contributed by atoms with van der Waals surface area (Å²) in [6, 6.07) is 0. The van der Waals surface area contributed by atoms with Crippen LogP contribution in [0.15, 0.2) is 0 Å². The van der Waals surface area contributed by atoms with Gasteiger partial charge in [-0.15, -0.1) is 0 Å². The van der Waals surface area contributed by atoms with Crippen molar-refractivity contribution >= 4 is 5.91 Å². The van der Waals surface area contributed by atoms with E-state index in [1.54, 1.807) is 0 Å². The molecule has 3 nitrogen and oxygen atoms in total. The average molecular weight is 198 g/mol. The SMILES string of the molecule is CN(C)CC1CC(=O)N(C(C)(C)C)C1. The third-order valence-electron chi connectivity index (χ3n) is 2.64. The van der Waals surface area contributed by atoms with Crippen molar-refractivity contribution in [2.75, 3.05) is 27.2 Å². The van der Waals surface area contributed by atoms with Gasteiger partial charge < -0.3 is 9.80 Å². The molecule has 0 bridgehead atoms. The lowest BCUT2D eigenvalue weighted by Gasteiger charge is -2.32. The summed E-state index contributed by atoms with van der Waals surface area (Å²) in [5.41, 5.74) is -0.0157. The summed E-state index contributed by atoms with van der Waals surface area (Å²) in [4.78, 5) is 15.9. The van der Waals surface area contributed by atoms with Crippen LogP contribution >= 0.6 is 0 Å². The van der Waals surface area contributed by atoms with Crippen LogP contribution in [0.4, 0.5) is 0 Å². The van der Waals surface area contributed by atoms with E-state index in [-0.39, 0.29) is 5.54 Å². The van der Waals surface area contributed by atoms with E-state index >= 15 is 0 Å². The fourth-order valence-electron chi connectivity index (χ4n) is 2.07. The first kappa shape index (κ1) is 11.5. The highest BCUT2D eigenvalue weighted by Gasteiger charge is 2.35. The second-order valence-electron chi connectivity index (χ2n) is 5.51. The Labute approximate surface area is 87.1 Å². The maximum Gasteiger partial charge on any atom is 0.223 e. The van der Waals surface area contributed by atoms with Crippen LogP contribution in [0, 0.1) is 5.92 Å². The molecular formula is C11H22N2O. The molecule has 1 amide bonds. The van der Waals surface area contributed by atoms with Gasteiger partial charge in [0.2, 0.25) is 5.91 Å². The zero-order chi connectivity index (χ0) is 10.9. The standard InChI is InChI=1S/C11H22N2O/c1-11(2,3)13-8-9(6-10(13)14)7-12(4)5/h9H,6-8H2,1-5H3. The summed E-state index contributed by atoms with van der Waals surface area (Å²) < 4.78 is 0. The van der Waals surface area contributed by atoms with Gasteiger partial charge in [0, 0.05) is 25.0 Å². The minimum Gasteiger partial charge on any atom is -0.338 e. The van der Waals surface area contributed by atoms with Crippen LogP contribution in [-0.4, -0.2) is 48.4 Å². The Bertz CT molecular complexity index is 218. The molecule has 0 radical (unpaired) electrons. The third-order valence-corrected chi connectivity index (χ3v) is 2.64. The Morgan fingerprint density at radius 3 is 2.36 bits per heavy atom. The van der Waals surface area contributed by atoms with Gasteiger partial charge in [0.05, 0.1) is 0 Å². The minimum absolute atomic E-state index is 0.0157. The van der Waals surface area contributed by atoms with Gasteiger partial charge in [0.25, 0.3) is 0 Å². The first-order valence-corrected chi connectivity index (χ1v) is 5.26. The minimum atomic E-state index is -0.0157. The molecule has 14 heavy (non-hydrogen) atoms. The molecular weight excluding hydrogens is 176 g/mol. The maximum atomic E-state index is 11.7. The highest BCUT2D eigenvalue weighted by Crippen LogP contribution is 2.25. The second-order valence-corrected chi connectivity index (χ2v) is 5.51. The quantitative estimate of drug-likeness (QED) is 0.665. The number of carbonyl (C=O) groups is 1. The average Bonchev–Trinajstić information content (AvgIpc) is 2.27. The fraction of sp³-hybridized carbons (Fsp3) is 0.909. The van der Waals surface area contributed by atoms with Gasteiger partial charge in [-0.3, -0.25) is 4.79 Å². The van der Waals surface area contributed by atoms with Gasteiger partial charge in [0.15, 0.2) is 0 Å². The van der Waals surface area contributed by atoms with Gasteiger partial charge in [-0.2, -0.15) is 0 Å². The summed E-state index contributed by atoms with van der Waals surface area (Å²) in [5.74, 6) is 0.820. The van der Waals surface area contributed by atoms with Crippen LogP contribution < -0.4 is 0 Å². The molecule has 1 heterocycles. The fourth-order valence-corrected chi connectivity index (χ4v) is 2.07. The van der Waals surface area contributed by atoms with Crippen molar-refractivity contribution in [3.8, 4) is 0 Å². The molecule has 0 aromatic heterocycles. The van der Waals surface area contributed by atoms with E-state index in [1.165, 1.54) is 0 Å². The first-order chi connectivity index (χ1) is 6.30. The van der Waals surface area contributed by atoms with E-state index in [2.05, 4.69) is 39.8 Å². The Morgan fingerprint density at radius 2 is 2.00 bits per heavy atom. The Balaban J connectivity index is 2.56. The van der Waals surface area contributed by atoms with Crippen molar-refractivity contribution in [1.29, 1.82) is 0 Å². The topological polar surface area (TPSA) is 23.6 Å². The monoisotopic (exact) mass is 198 g/mol. The Kier molecular flexibility index (Phi) is 3.20. The van der Waals surface area contributed by atoms with Gasteiger partial charge in [-0.25, -0.2) is 0 Å². The first-order valence-electron chi connectivity index (χ1n) is 5.26. The largest absolute Gasteiger partial charge is 0.338 e. The van der Waals surface area contributed by atoms with Crippen LogP contribution in [0.2, 0.25) is 0 Å². The lowest BCUT2D eigenvalue weighted by atomic mass is 10.1. The zero-order valence-electron chi connectivity index (χ0n) is 10.0. The molecule has 0 aromatic carbocycles. The van der Waals surface area contributed by atoms with Crippen LogP contribution in [0.25, 0.3) is 0 Å². The summed E-state index contributed by atoms with van der Waals surface area (Å²) in [7, 11) is 4.12. The van der Waals surface area contributed by atoms with Crippen LogP contribution in [0.5, 0.6) is 0 Å². The predicted molar refractivity (Wildman–Crippen MR) is 58.1 cm³/mol. The smallest absolute Gasteiger partial charge is 0.223 e. The zero-order valence-corrected chi connectivity index (χ0v) is 10.0. The normalized spacial score (nSPS) is 23.7. The van der Waals surface area contributed by atoms with Gasteiger partial charge in [0.1, 0.15) is 0 Å². The van der Waals surface area contributed by atoms with E-state index in [0.29, 0.717) is 11.8 Å². The van der Waals surface area contributed by atoms with Crippen molar-refractivity contribution in [1.82, 2.24) is 9.80 Å². The maximum absolute atomic E-state index is 11.7. The highest BCUT2D eigenvalue weighted by molar-refractivity contribution is 5.79. The van der Waals surface area contributed by atoms with Crippen molar-refractivity contribution in [2.45, 2.75) is 32.7 Å². The summed E-state index contributed by atoms with van der Waals surface area (Å²) >= 11 is 0. The summed E-state index contributed by atoms with van der Waals surface area (Å²) in [6.07, 6.45) is 0.718. The second kappa shape index (κ2) is 3.89. The van der Waals surface area contributed by atoms with E-state index in [0.717, 1.165) is 19.5 Å². The Hall–Kier alpha value is -0.570. The van der Waals surface area contributed by atoms with Crippen molar-refractivity contribution in [3.63, 3.8) is 0 Å². The predicted octanol–water partition coefficient (Wildman–Crippen LogP) is 1.19. The van der Waals surface area contributed by atoms with Crippen LogP contribution in [0.3, 0.4) is 0 Å². The number of carbonyl (C=O) groups excluding carboxylic acids is 1. The molecule has 1 aliphatic heterocycles. The molecule has 3 heteroatoms. The highest BCUT2D eigenvalue weighted by atomic mass is 16.2. The Morgan fingerprint density at radius 1 is 1.43 bits per heavy atom. The summed E-state index contributed by atoms with van der Waals surface area (Å²) in [6.45, 7) is 8.23. The molecule has 0 aliphatic carbocycles. The number of nitrogens with zero attached hydrogens (tertiary/aromatic N) is 2. The molecule has 0 saturated carbocycles. The number of hydrogen-bond donors (Lipinski definition) is 0. The molecule has 1 atom stereocenters. The van der Waals surface area contributed by atoms with Crippen molar-refractivity contribution < 1.29 is 4.79 Å². The van der Waals surface area contributed by atoms with Crippen LogP contribution in [-0.2, 0) is 4.79 Å². The van der Waals surface area contributed by atoms with Crippen LogP contribution in [0.1, 0.15) is 27.2 Å². The van der Waals surface area contributed by atoms with Gasteiger partial charge in [-0.1, -0.05) is 0 Å². The number of amides is 1. The van der Waals surface area contributed by atoms with Crippen molar-refractivity contribution in [3.05, 3.63) is 0 Å². The molecule has 0 aromatic rings.